The summed E-state index contributed by atoms with van der Waals surface area (Å²) >= 11 is 0. The van der Waals surface area contributed by atoms with Crippen molar-refractivity contribution in [2.45, 2.75) is 72.1 Å². The van der Waals surface area contributed by atoms with Gasteiger partial charge in [0.1, 0.15) is 0 Å². The maximum absolute atomic E-state index is 3.43. The van der Waals surface area contributed by atoms with Crippen LogP contribution in [0.25, 0.3) is 0 Å². The zero-order chi connectivity index (χ0) is 12.1. The summed E-state index contributed by atoms with van der Waals surface area (Å²) in [6, 6.07) is 0. The molecule has 1 heteroatoms. The molecule has 0 aliphatic carbocycles. The van der Waals surface area contributed by atoms with Crippen molar-refractivity contribution in [3.63, 3.8) is 0 Å². The molecule has 0 unspecified atom stereocenters. The van der Waals surface area contributed by atoms with E-state index >= 15 is 0 Å². The SMILES string of the molecule is CCCCCCCC(C)=CCCNCCC. The molecule has 1 nitrogen and oxygen atoms in total. The Kier molecular flexibility index (Phi) is 12.5. The van der Waals surface area contributed by atoms with E-state index in [4.69, 9.17) is 0 Å². The number of hydrogen-bond donors (Lipinski definition) is 1. The first-order chi connectivity index (χ1) is 7.81. The lowest BCUT2D eigenvalue weighted by Gasteiger charge is -2.03. The summed E-state index contributed by atoms with van der Waals surface area (Å²) in [4.78, 5) is 0. The van der Waals surface area contributed by atoms with Crippen LogP contribution in [0.5, 0.6) is 0 Å². The average molecular weight is 225 g/mol. The second-order valence-electron chi connectivity index (χ2n) is 4.75. The maximum atomic E-state index is 3.43. The van der Waals surface area contributed by atoms with Gasteiger partial charge in [-0.15, -0.1) is 0 Å². The highest BCUT2D eigenvalue weighted by molar-refractivity contribution is 4.97. The van der Waals surface area contributed by atoms with Gasteiger partial charge in [-0.25, -0.2) is 0 Å². The van der Waals surface area contributed by atoms with Gasteiger partial charge < -0.3 is 5.32 Å². The molecular formula is C15H31N. The largest absolute Gasteiger partial charge is 0.316 e. The molecule has 0 radical (unpaired) electrons. The van der Waals surface area contributed by atoms with Crippen molar-refractivity contribution < 1.29 is 0 Å². The van der Waals surface area contributed by atoms with Crippen LogP contribution in [0.1, 0.15) is 72.1 Å². The van der Waals surface area contributed by atoms with E-state index in [1.165, 1.54) is 51.4 Å². The van der Waals surface area contributed by atoms with E-state index < -0.39 is 0 Å². The normalized spacial score (nSPS) is 12.1. The zero-order valence-corrected chi connectivity index (χ0v) is 11.6. The van der Waals surface area contributed by atoms with E-state index in [2.05, 4.69) is 32.2 Å². The summed E-state index contributed by atoms with van der Waals surface area (Å²) in [5, 5.41) is 3.43. The molecule has 0 atom stereocenters. The lowest BCUT2D eigenvalue weighted by molar-refractivity contribution is 0.628. The molecule has 0 heterocycles. The van der Waals surface area contributed by atoms with Crippen LogP contribution in [0.15, 0.2) is 11.6 Å². The van der Waals surface area contributed by atoms with Crippen molar-refractivity contribution in [1.29, 1.82) is 0 Å². The number of rotatable bonds is 11. The molecule has 0 saturated carbocycles. The summed E-state index contributed by atoms with van der Waals surface area (Å²) in [6.45, 7) is 9.06. The molecule has 0 aromatic carbocycles. The van der Waals surface area contributed by atoms with Crippen LogP contribution < -0.4 is 5.32 Å². The van der Waals surface area contributed by atoms with Gasteiger partial charge in [0, 0.05) is 0 Å². The van der Waals surface area contributed by atoms with Gasteiger partial charge >= 0.3 is 0 Å². The predicted octanol–water partition coefficient (Wildman–Crippen LogP) is 4.68. The van der Waals surface area contributed by atoms with Crippen LogP contribution in [-0.2, 0) is 0 Å². The summed E-state index contributed by atoms with van der Waals surface area (Å²) < 4.78 is 0. The van der Waals surface area contributed by atoms with E-state index in [-0.39, 0.29) is 0 Å². The number of nitrogens with one attached hydrogen (secondary N) is 1. The second kappa shape index (κ2) is 12.8. The zero-order valence-electron chi connectivity index (χ0n) is 11.6. The van der Waals surface area contributed by atoms with Gasteiger partial charge in [-0.1, -0.05) is 51.2 Å². The van der Waals surface area contributed by atoms with Crippen LogP contribution in [0.4, 0.5) is 0 Å². The monoisotopic (exact) mass is 225 g/mol. The molecule has 0 aliphatic heterocycles. The molecule has 0 fully saturated rings. The quantitative estimate of drug-likeness (QED) is 0.397. The van der Waals surface area contributed by atoms with Gasteiger partial charge in [-0.3, -0.25) is 0 Å². The van der Waals surface area contributed by atoms with Crippen LogP contribution in [0, 0.1) is 0 Å². The molecule has 16 heavy (non-hydrogen) atoms. The lowest BCUT2D eigenvalue weighted by Crippen LogP contribution is -2.15. The van der Waals surface area contributed by atoms with Crippen LogP contribution in [0.2, 0.25) is 0 Å². The summed E-state index contributed by atoms with van der Waals surface area (Å²) in [7, 11) is 0. The van der Waals surface area contributed by atoms with E-state index in [1.807, 2.05) is 0 Å². The van der Waals surface area contributed by atoms with Crippen molar-refractivity contribution in [1.82, 2.24) is 5.32 Å². The molecule has 0 spiro atoms. The van der Waals surface area contributed by atoms with Crippen molar-refractivity contribution >= 4 is 0 Å². The van der Waals surface area contributed by atoms with E-state index in [9.17, 15) is 0 Å². The Morgan fingerprint density at radius 3 is 2.38 bits per heavy atom. The number of hydrogen-bond acceptors (Lipinski definition) is 1. The first-order valence-electron chi connectivity index (χ1n) is 7.17. The maximum Gasteiger partial charge on any atom is -0.00142 e. The highest BCUT2D eigenvalue weighted by Gasteiger charge is 1.92. The second-order valence-corrected chi connectivity index (χ2v) is 4.75. The highest BCUT2D eigenvalue weighted by Crippen LogP contribution is 2.10. The first-order valence-corrected chi connectivity index (χ1v) is 7.17. The first kappa shape index (κ1) is 15.7. The summed E-state index contributed by atoms with van der Waals surface area (Å²) in [5.41, 5.74) is 1.58. The van der Waals surface area contributed by atoms with Crippen molar-refractivity contribution in [3.05, 3.63) is 11.6 Å². The van der Waals surface area contributed by atoms with Crippen molar-refractivity contribution in [3.8, 4) is 0 Å². The lowest BCUT2D eigenvalue weighted by atomic mass is 10.1. The van der Waals surface area contributed by atoms with Gasteiger partial charge in [-0.2, -0.15) is 0 Å². The third kappa shape index (κ3) is 11.8. The highest BCUT2D eigenvalue weighted by atomic mass is 14.8. The van der Waals surface area contributed by atoms with Gasteiger partial charge in [0.2, 0.25) is 0 Å². The molecule has 0 amide bonds. The molecule has 0 aromatic rings. The van der Waals surface area contributed by atoms with Gasteiger partial charge in [-0.05, 0) is 45.7 Å². The summed E-state index contributed by atoms with van der Waals surface area (Å²) in [6.07, 6.45) is 13.1. The summed E-state index contributed by atoms with van der Waals surface area (Å²) in [5.74, 6) is 0. The van der Waals surface area contributed by atoms with Gasteiger partial charge in [0.05, 0.1) is 0 Å². The van der Waals surface area contributed by atoms with E-state index in [1.54, 1.807) is 5.57 Å². The van der Waals surface area contributed by atoms with Gasteiger partial charge in [0.15, 0.2) is 0 Å². The van der Waals surface area contributed by atoms with Crippen molar-refractivity contribution in [2.24, 2.45) is 0 Å². The third-order valence-corrected chi connectivity index (χ3v) is 2.92. The van der Waals surface area contributed by atoms with Crippen LogP contribution >= 0.6 is 0 Å². The molecular weight excluding hydrogens is 194 g/mol. The van der Waals surface area contributed by atoms with Crippen LogP contribution in [-0.4, -0.2) is 13.1 Å². The predicted molar refractivity (Wildman–Crippen MR) is 74.9 cm³/mol. The molecule has 0 bridgehead atoms. The standard InChI is InChI=1S/C15H31N/c1-4-6-7-8-9-11-15(3)12-10-14-16-13-5-2/h12,16H,4-11,13-14H2,1-3H3. The van der Waals surface area contributed by atoms with Crippen LogP contribution in [0.3, 0.4) is 0 Å². The Balaban J connectivity index is 3.27. The Bertz CT molecular complexity index is 161. The Morgan fingerprint density at radius 1 is 0.938 bits per heavy atom. The fourth-order valence-corrected chi connectivity index (χ4v) is 1.83. The minimum Gasteiger partial charge on any atom is -0.316 e. The molecule has 0 rings (SSSR count). The minimum atomic E-state index is 1.14. The van der Waals surface area contributed by atoms with E-state index in [0.29, 0.717) is 0 Å². The topological polar surface area (TPSA) is 12.0 Å². The Hall–Kier alpha value is -0.300. The smallest absolute Gasteiger partial charge is 0.00142 e. The molecule has 96 valence electrons. The average Bonchev–Trinajstić information content (AvgIpc) is 2.28. The number of unbranched alkanes of at least 4 members (excludes halogenated alkanes) is 4. The van der Waals surface area contributed by atoms with Gasteiger partial charge in [0.25, 0.3) is 0 Å². The third-order valence-electron chi connectivity index (χ3n) is 2.92. The molecule has 0 aromatic heterocycles. The van der Waals surface area contributed by atoms with E-state index in [0.717, 1.165) is 13.1 Å². The minimum absolute atomic E-state index is 1.14. The fraction of sp³-hybridized carbons (Fsp3) is 0.867. The Morgan fingerprint density at radius 2 is 1.69 bits per heavy atom. The fourth-order valence-electron chi connectivity index (χ4n) is 1.83. The number of allylic oxidation sites excluding steroid dienone is 1. The Labute approximate surface area is 103 Å². The molecule has 0 saturated heterocycles. The molecule has 0 aliphatic rings. The molecule has 1 N–H and O–H groups in total. The van der Waals surface area contributed by atoms with Crippen molar-refractivity contribution in [2.75, 3.05) is 13.1 Å².